The molecule has 1 fully saturated rings. The topological polar surface area (TPSA) is 28.2 Å². The summed E-state index contributed by atoms with van der Waals surface area (Å²) in [7, 11) is 0. The molecule has 2 heterocycles. The molecule has 0 bridgehead atoms. The fourth-order valence-electron chi connectivity index (χ4n) is 4.95. The molecule has 0 saturated carbocycles. The standard InChI is InChI=1S/C28H47N3/c1-8-9-13-25-15-16-26(30-24(25)6)14-11-10-12-19-31-20-17-28(7,18-21-31)27(22(2)3)29-23(4)5/h15-16,27,29H,2,4,8-14,17-21H2,1,3,5-7H3/t27-/m0/s1. The van der Waals surface area contributed by atoms with Gasteiger partial charge in [0.2, 0.25) is 0 Å². The molecule has 0 spiro atoms. The number of allylic oxidation sites excluding steroid dienone is 1. The van der Waals surface area contributed by atoms with Crippen molar-refractivity contribution < 1.29 is 0 Å². The molecule has 1 aliphatic heterocycles. The van der Waals surface area contributed by atoms with Gasteiger partial charge >= 0.3 is 0 Å². The Bertz CT molecular complexity index is 713. The molecule has 3 heteroatoms. The van der Waals surface area contributed by atoms with Crippen LogP contribution in [-0.2, 0) is 12.8 Å². The molecule has 174 valence electrons. The van der Waals surface area contributed by atoms with Gasteiger partial charge in [-0.05, 0) is 102 Å². The second-order valence-corrected chi connectivity index (χ2v) is 10.2. The third-order valence-electron chi connectivity index (χ3n) is 7.04. The van der Waals surface area contributed by atoms with Crippen LogP contribution in [-0.4, -0.2) is 35.6 Å². The smallest absolute Gasteiger partial charge is 0.0519 e. The van der Waals surface area contributed by atoms with Gasteiger partial charge in [0, 0.05) is 17.1 Å². The maximum atomic E-state index is 4.85. The molecule has 0 unspecified atom stereocenters. The Morgan fingerprint density at radius 2 is 1.81 bits per heavy atom. The predicted molar refractivity (Wildman–Crippen MR) is 135 cm³/mol. The summed E-state index contributed by atoms with van der Waals surface area (Å²) in [5.41, 5.74) is 6.46. The number of likely N-dealkylation sites (tertiary alicyclic amines) is 1. The van der Waals surface area contributed by atoms with Crippen LogP contribution in [0.25, 0.3) is 0 Å². The second kappa shape index (κ2) is 12.4. The lowest BCUT2D eigenvalue weighted by Gasteiger charge is -2.45. The number of nitrogens with one attached hydrogen (secondary N) is 1. The lowest BCUT2D eigenvalue weighted by molar-refractivity contribution is 0.0949. The van der Waals surface area contributed by atoms with Gasteiger partial charge in [0.1, 0.15) is 0 Å². The minimum Gasteiger partial charge on any atom is -0.382 e. The normalized spacial score (nSPS) is 17.3. The van der Waals surface area contributed by atoms with Crippen LogP contribution < -0.4 is 5.32 Å². The SMILES string of the molecule is C=C(C)N[C@@H](C(=C)C)C1(C)CCN(CCCCCc2ccc(CCCC)c(C)n2)CC1. The molecular weight excluding hydrogens is 378 g/mol. The fourth-order valence-corrected chi connectivity index (χ4v) is 4.95. The molecule has 1 aromatic heterocycles. The Labute approximate surface area is 192 Å². The quantitative estimate of drug-likeness (QED) is 0.284. The molecule has 1 aliphatic rings. The monoisotopic (exact) mass is 425 g/mol. The van der Waals surface area contributed by atoms with Crippen molar-refractivity contribution in [3.05, 3.63) is 53.5 Å². The first kappa shape index (κ1) is 25.6. The van der Waals surface area contributed by atoms with Crippen LogP contribution in [0.5, 0.6) is 0 Å². The third-order valence-corrected chi connectivity index (χ3v) is 7.04. The van der Waals surface area contributed by atoms with E-state index in [9.17, 15) is 0 Å². The van der Waals surface area contributed by atoms with Gasteiger partial charge in [0.15, 0.2) is 0 Å². The number of pyridine rings is 1. The van der Waals surface area contributed by atoms with Crippen LogP contribution in [0.15, 0.2) is 36.6 Å². The lowest BCUT2D eigenvalue weighted by Crippen LogP contribution is -2.50. The number of aryl methyl sites for hydroxylation is 3. The van der Waals surface area contributed by atoms with E-state index in [4.69, 9.17) is 4.98 Å². The van der Waals surface area contributed by atoms with E-state index in [0.717, 1.165) is 12.1 Å². The predicted octanol–water partition coefficient (Wildman–Crippen LogP) is 6.62. The maximum Gasteiger partial charge on any atom is 0.0519 e. The molecule has 0 radical (unpaired) electrons. The molecule has 0 aliphatic carbocycles. The zero-order chi connectivity index (χ0) is 22.9. The van der Waals surface area contributed by atoms with Gasteiger partial charge in [-0.1, -0.05) is 51.5 Å². The van der Waals surface area contributed by atoms with Gasteiger partial charge < -0.3 is 10.2 Å². The van der Waals surface area contributed by atoms with Crippen molar-refractivity contribution in [2.75, 3.05) is 19.6 Å². The van der Waals surface area contributed by atoms with Gasteiger partial charge in [-0.25, -0.2) is 0 Å². The molecule has 0 aromatic carbocycles. The lowest BCUT2D eigenvalue weighted by atomic mass is 9.72. The minimum atomic E-state index is 0.272. The van der Waals surface area contributed by atoms with Crippen LogP contribution in [0.2, 0.25) is 0 Å². The van der Waals surface area contributed by atoms with Gasteiger partial charge in [-0.3, -0.25) is 4.98 Å². The summed E-state index contributed by atoms with van der Waals surface area (Å²) in [6.07, 6.45) is 11.0. The third kappa shape index (κ3) is 8.11. The van der Waals surface area contributed by atoms with E-state index in [1.165, 1.54) is 93.5 Å². The van der Waals surface area contributed by atoms with Crippen LogP contribution >= 0.6 is 0 Å². The molecule has 3 nitrogen and oxygen atoms in total. The van der Waals surface area contributed by atoms with Crippen LogP contribution in [0, 0.1) is 12.3 Å². The van der Waals surface area contributed by atoms with Crippen LogP contribution in [0.4, 0.5) is 0 Å². The largest absolute Gasteiger partial charge is 0.382 e. The summed E-state index contributed by atoms with van der Waals surface area (Å²) in [6.45, 7) is 22.9. The Morgan fingerprint density at radius 1 is 1.10 bits per heavy atom. The number of hydrogen-bond donors (Lipinski definition) is 1. The summed E-state index contributed by atoms with van der Waals surface area (Å²) in [4.78, 5) is 7.51. The first-order valence-electron chi connectivity index (χ1n) is 12.5. The Balaban J connectivity index is 1.68. The first-order valence-corrected chi connectivity index (χ1v) is 12.5. The Kier molecular flexibility index (Phi) is 10.3. The van der Waals surface area contributed by atoms with Crippen molar-refractivity contribution in [2.45, 2.75) is 98.4 Å². The van der Waals surface area contributed by atoms with Crippen molar-refractivity contribution >= 4 is 0 Å². The summed E-state index contributed by atoms with van der Waals surface area (Å²) in [5.74, 6) is 0. The number of aromatic nitrogens is 1. The van der Waals surface area contributed by atoms with E-state index in [1.807, 2.05) is 6.92 Å². The van der Waals surface area contributed by atoms with Gasteiger partial charge in [-0.2, -0.15) is 0 Å². The first-order chi connectivity index (χ1) is 14.7. The van der Waals surface area contributed by atoms with E-state index < -0.39 is 0 Å². The molecular formula is C28H47N3. The molecule has 1 N–H and O–H groups in total. The van der Waals surface area contributed by atoms with Crippen molar-refractivity contribution in [3.8, 4) is 0 Å². The summed E-state index contributed by atoms with van der Waals surface area (Å²) < 4.78 is 0. The molecule has 1 saturated heterocycles. The highest BCUT2D eigenvalue weighted by Crippen LogP contribution is 2.37. The van der Waals surface area contributed by atoms with E-state index >= 15 is 0 Å². The summed E-state index contributed by atoms with van der Waals surface area (Å²) in [6, 6.07) is 4.89. The average molecular weight is 426 g/mol. The molecule has 1 aromatic rings. The van der Waals surface area contributed by atoms with Crippen molar-refractivity contribution in [1.29, 1.82) is 0 Å². The van der Waals surface area contributed by atoms with E-state index in [-0.39, 0.29) is 5.41 Å². The maximum absolute atomic E-state index is 4.85. The molecule has 31 heavy (non-hydrogen) atoms. The minimum absolute atomic E-state index is 0.272. The number of hydrogen-bond acceptors (Lipinski definition) is 3. The highest BCUT2D eigenvalue weighted by atomic mass is 15.1. The number of nitrogens with zero attached hydrogens (tertiary/aromatic N) is 2. The molecule has 2 rings (SSSR count). The average Bonchev–Trinajstić information content (AvgIpc) is 2.72. The summed E-state index contributed by atoms with van der Waals surface area (Å²) in [5, 5.41) is 3.58. The number of unbranched alkanes of at least 4 members (excludes halogenated alkanes) is 3. The Morgan fingerprint density at radius 3 is 2.39 bits per heavy atom. The number of rotatable bonds is 13. The zero-order valence-electron chi connectivity index (χ0n) is 21.0. The van der Waals surface area contributed by atoms with Gasteiger partial charge in [-0.15, -0.1) is 0 Å². The summed E-state index contributed by atoms with van der Waals surface area (Å²) >= 11 is 0. The van der Waals surface area contributed by atoms with E-state index in [0.29, 0.717) is 6.04 Å². The van der Waals surface area contributed by atoms with Gasteiger partial charge in [0.05, 0.1) is 6.04 Å². The fraction of sp³-hybridized carbons (Fsp3) is 0.679. The molecule has 0 amide bonds. The van der Waals surface area contributed by atoms with E-state index in [1.54, 1.807) is 0 Å². The van der Waals surface area contributed by atoms with Gasteiger partial charge in [0.25, 0.3) is 0 Å². The second-order valence-electron chi connectivity index (χ2n) is 10.2. The van der Waals surface area contributed by atoms with Crippen molar-refractivity contribution in [2.24, 2.45) is 5.41 Å². The van der Waals surface area contributed by atoms with Crippen molar-refractivity contribution in [1.82, 2.24) is 15.2 Å². The van der Waals surface area contributed by atoms with Crippen LogP contribution in [0.1, 0.15) is 89.6 Å². The number of piperidine rings is 1. The van der Waals surface area contributed by atoms with Crippen molar-refractivity contribution in [3.63, 3.8) is 0 Å². The highest BCUT2D eigenvalue weighted by molar-refractivity contribution is 5.22. The molecule has 1 atom stereocenters. The highest BCUT2D eigenvalue weighted by Gasteiger charge is 2.37. The Hall–Kier alpha value is -1.61. The zero-order valence-corrected chi connectivity index (χ0v) is 21.0. The van der Waals surface area contributed by atoms with Crippen LogP contribution in [0.3, 0.4) is 0 Å². The van der Waals surface area contributed by atoms with E-state index in [2.05, 4.69) is 63.2 Å².